The Morgan fingerprint density at radius 2 is 0.882 bits per heavy atom. The maximum Gasteiger partial charge on any atom is 0.126 e. The van der Waals surface area contributed by atoms with E-state index < -0.39 is 0 Å². The molecule has 3 aliphatic carbocycles. The fourth-order valence-electron chi connectivity index (χ4n) is 6.72. The molecule has 3 heterocycles. The summed E-state index contributed by atoms with van der Waals surface area (Å²) in [7, 11) is 0. The molecule has 2 saturated carbocycles. The molecule has 3 fully saturated rings. The first-order chi connectivity index (χ1) is 16.8. The van der Waals surface area contributed by atoms with Crippen molar-refractivity contribution in [3.63, 3.8) is 0 Å². The molecule has 2 aromatic rings. The van der Waals surface area contributed by atoms with E-state index in [2.05, 4.69) is 36.4 Å². The predicted molar refractivity (Wildman–Crippen MR) is 128 cm³/mol. The molecule has 34 heavy (non-hydrogen) atoms. The van der Waals surface area contributed by atoms with Crippen molar-refractivity contribution in [3.8, 4) is 11.5 Å². The summed E-state index contributed by atoms with van der Waals surface area (Å²) in [6.45, 7) is 5.02. The molecule has 0 radical (unpaired) electrons. The van der Waals surface area contributed by atoms with Crippen LogP contribution in [0.4, 0.5) is 0 Å². The summed E-state index contributed by atoms with van der Waals surface area (Å²) in [6, 6.07) is 13.7. The van der Waals surface area contributed by atoms with E-state index >= 15 is 0 Å². The van der Waals surface area contributed by atoms with Gasteiger partial charge in [-0.25, -0.2) is 0 Å². The number of fused-ring (bicyclic) bond motifs is 8. The highest BCUT2D eigenvalue weighted by atomic mass is 16.6. The third kappa shape index (κ3) is 3.39. The molecule has 4 unspecified atom stereocenters. The van der Waals surface area contributed by atoms with Crippen molar-refractivity contribution in [1.82, 2.24) is 0 Å². The number of rotatable bonds is 0. The topological polar surface area (TPSA) is 46.2 Å². The molecule has 6 aliphatic rings. The van der Waals surface area contributed by atoms with Crippen molar-refractivity contribution in [2.75, 3.05) is 52.9 Å². The zero-order chi connectivity index (χ0) is 22.5. The second kappa shape index (κ2) is 8.54. The first-order valence-electron chi connectivity index (χ1n) is 13.1. The number of hydrogen-bond acceptors (Lipinski definition) is 5. The molecule has 0 amide bonds. The Labute approximate surface area is 201 Å². The molecule has 0 aromatic heterocycles. The highest BCUT2D eigenvalue weighted by Gasteiger charge is 2.44. The molecule has 4 atom stereocenters. The first kappa shape index (κ1) is 21.2. The zero-order valence-electron chi connectivity index (χ0n) is 19.8. The van der Waals surface area contributed by atoms with E-state index in [1.807, 2.05) is 0 Å². The Bertz CT molecular complexity index is 924. The van der Waals surface area contributed by atoms with Gasteiger partial charge in [0.1, 0.15) is 24.7 Å². The van der Waals surface area contributed by atoms with Crippen LogP contribution >= 0.6 is 0 Å². The second-order valence-corrected chi connectivity index (χ2v) is 10.9. The summed E-state index contributed by atoms with van der Waals surface area (Å²) in [6.07, 6.45) is 4.80. The second-order valence-electron chi connectivity index (χ2n) is 10.9. The van der Waals surface area contributed by atoms with Gasteiger partial charge in [0.2, 0.25) is 0 Å². The van der Waals surface area contributed by atoms with Crippen molar-refractivity contribution < 1.29 is 23.7 Å². The fourth-order valence-corrected chi connectivity index (χ4v) is 6.72. The monoisotopic (exact) mass is 462 g/mol. The van der Waals surface area contributed by atoms with Gasteiger partial charge in [0.15, 0.2) is 0 Å². The van der Waals surface area contributed by atoms with Gasteiger partial charge in [0, 0.05) is 0 Å². The van der Waals surface area contributed by atoms with Crippen LogP contribution in [0.25, 0.3) is 0 Å². The standard InChI is InChI=1S/C29H34O5/c1-3-23-19-7-9-21(19)25-5-2-6-26-22-10-8-20(22)24(4-1)27(23)33-13-11-30-15-29(17-32-18-29)16-31-12-14-34-28(25)26/h1-6,19-22H,7-18H2. The van der Waals surface area contributed by atoms with E-state index in [9.17, 15) is 0 Å². The largest absolute Gasteiger partial charge is 0.491 e. The fraction of sp³-hybridized carbons (Fsp3) is 0.586. The quantitative estimate of drug-likeness (QED) is 0.542. The number of ether oxygens (including phenoxy) is 5. The molecule has 1 saturated heterocycles. The molecule has 180 valence electrons. The Morgan fingerprint density at radius 1 is 0.500 bits per heavy atom. The predicted octanol–water partition coefficient (Wildman–Crippen LogP) is 5.14. The highest BCUT2D eigenvalue weighted by Crippen LogP contribution is 2.60. The maximum atomic E-state index is 6.59. The van der Waals surface area contributed by atoms with Crippen LogP contribution in [0.15, 0.2) is 36.4 Å². The van der Waals surface area contributed by atoms with Gasteiger partial charge in [0.25, 0.3) is 0 Å². The maximum absolute atomic E-state index is 6.59. The van der Waals surface area contributed by atoms with E-state index in [0.29, 0.717) is 76.5 Å². The molecule has 2 aromatic carbocycles. The summed E-state index contributed by atoms with van der Waals surface area (Å²) in [5.41, 5.74) is 5.50. The minimum Gasteiger partial charge on any atom is -0.491 e. The van der Waals surface area contributed by atoms with Crippen molar-refractivity contribution >= 4 is 0 Å². The number of hydrogen-bond donors (Lipinski definition) is 0. The van der Waals surface area contributed by atoms with Crippen molar-refractivity contribution in [2.24, 2.45) is 5.41 Å². The summed E-state index contributed by atoms with van der Waals surface area (Å²) < 4.78 is 30.9. The van der Waals surface area contributed by atoms with Crippen molar-refractivity contribution in [3.05, 3.63) is 58.7 Å². The SMILES string of the molecule is c1cc2c3c(c1)C1CCC1c1cccc(c1OCCOCC1(COCCO3)COC1)C1CCC21. The van der Waals surface area contributed by atoms with Gasteiger partial charge in [-0.05, 0) is 71.6 Å². The van der Waals surface area contributed by atoms with Crippen LogP contribution in [-0.2, 0) is 14.2 Å². The third-order valence-electron chi connectivity index (χ3n) is 8.88. The Kier molecular flexibility index (Phi) is 5.33. The van der Waals surface area contributed by atoms with Gasteiger partial charge in [-0.3, -0.25) is 0 Å². The molecule has 8 rings (SSSR count). The smallest absolute Gasteiger partial charge is 0.126 e. The summed E-state index contributed by atoms with van der Waals surface area (Å²) >= 11 is 0. The van der Waals surface area contributed by atoms with Crippen LogP contribution in [0.5, 0.6) is 11.5 Å². The summed E-state index contributed by atoms with van der Waals surface area (Å²) in [5.74, 6) is 4.19. The number of para-hydroxylation sites is 2. The Balaban J connectivity index is 1.30. The van der Waals surface area contributed by atoms with Gasteiger partial charge in [-0.15, -0.1) is 0 Å². The molecule has 1 spiro atoms. The van der Waals surface area contributed by atoms with Crippen LogP contribution < -0.4 is 9.47 Å². The molecule has 6 bridgehead atoms. The van der Waals surface area contributed by atoms with Gasteiger partial charge in [-0.2, -0.15) is 0 Å². The average Bonchev–Trinajstić information content (AvgIpc) is 2.76. The van der Waals surface area contributed by atoms with E-state index in [0.717, 1.165) is 11.5 Å². The summed E-state index contributed by atoms with van der Waals surface area (Å²) in [5, 5.41) is 0. The Hall–Kier alpha value is -2.08. The van der Waals surface area contributed by atoms with Crippen LogP contribution in [0.1, 0.15) is 71.6 Å². The highest BCUT2D eigenvalue weighted by molar-refractivity contribution is 5.56. The van der Waals surface area contributed by atoms with Crippen LogP contribution in [0.3, 0.4) is 0 Å². The lowest BCUT2D eigenvalue weighted by Crippen LogP contribution is -2.50. The lowest BCUT2D eigenvalue weighted by molar-refractivity contribution is -0.179. The van der Waals surface area contributed by atoms with Gasteiger partial charge in [0.05, 0.1) is 45.1 Å². The molecular formula is C29H34O5. The van der Waals surface area contributed by atoms with Gasteiger partial charge in [-0.1, -0.05) is 36.4 Å². The van der Waals surface area contributed by atoms with Crippen molar-refractivity contribution in [2.45, 2.75) is 49.4 Å². The Morgan fingerprint density at radius 3 is 1.21 bits per heavy atom. The van der Waals surface area contributed by atoms with E-state index in [4.69, 9.17) is 23.7 Å². The van der Waals surface area contributed by atoms with E-state index in [1.165, 1.54) is 47.9 Å². The normalized spacial score (nSPS) is 31.6. The van der Waals surface area contributed by atoms with Crippen LogP contribution in [-0.4, -0.2) is 52.9 Å². The van der Waals surface area contributed by atoms with Crippen LogP contribution in [0, 0.1) is 5.41 Å². The van der Waals surface area contributed by atoms with Gasteiger partial charge >= 0.3 is 0 Å². The zero-order valence-corrected chi connectivity index (χ0v) is 19.8. The lowest BCUT2D eigenvalue weighted by Gasteiger charge is -2.44. The molecule has 5 nitrogen and oxygen atoms in total. The molecular weight excluding hydrogens is 428 g/mol. The molecule has 3 aliphatic heterocycles. The summed E-state index contributed by atoms with van der Waals surface area (Å²) in [4.78, 5) is 0. The average molecular weight is 463 g/mol. The number of benzene rings is 2. The molecule has 5 heteroatoms. The van der Waals surface area contributed by atoms with Crippen LogP contribution in [0.2, 0.25) is 0 Å². The first-order valence-corrected chi connectivity index (χ1v) is 13.1. The van der Waals surface area contributed by atoms with E-state index in [-0.39, 0.29) is 5.41 Å². The van der Waals surface area contributed by atoms with Crippen molar-refractivity contribution in [1.29, 1.82) is 0 Å². The minimum absolute atomic E-state index is 0.0355. The van der Waals surface area contributed by atoms with E-state index in [1.54, 1.807) is 0 Å². The molecule has 0 N–H and O–H groups in total. The van der Waals surface area contributed by atoms with Gasteiger partial charge < -0.3 is 23.7 Å². The lowest BCUT2D eigenvalue weighted by atomic mass is 9.61. The minimum atomic E-state index is -0.0355. The third-order valence-corrected chi connectivity index (χ3v) is 8.88.